The largest absolute Gasteiger partial charge is 0.493 e. The van der Waals surface area contributed by atoms with Gasteiger partial charge in [0.05, 0.1) is 32.6 Å². The maximum absolute atomic E-state index is 13.8. The summed E-state index contributed by atoms with van der Waals surface area (Å²) in [5, 5.41) is 0. The minimum atomic E-state index is -4.69. The fourth-order valence-electron chi connectivity index (χ4n) is 2.18. The summed E-state index contributed by atoms with van der Waals surface area (Å²) in [7, 11) is -0.983. The normalized spacial score (nSPS) is 11.0. The Labute approximate surface area is 148 Å². The zero-order valence-corrected chi connectivity index (χ0v) is 14.8. The molecule has 10 heteroatoms. The summed E-state index contributed by atoms with van der Waals surface area (Å²) in [5.41, 5.74) is -0.525. The number of halogens is 2. The number of esters is 1. The molecule has 0 bridgehead atoms. The molecule has 140 valence electrons. The molecular formula is C16H15F2NO6S. The highest BCUT2D eigenvalue weighted by Crippen LogP contribution is 2.35. The molecule has 0 atom stereocenters. The number of nitrogens with one attached hydrogen (secondary N) is 1. The van der Waals surface area contributed by atoms with Crippen molar-refractivity contribution in [3.05, 3.63) is 47.5 Å². The molecule has 0 heterocycles. The fraction of sp³-hybridized carbons (Fsp3) is 0.188. The van der Waals surface area contributed by atoms with E-state index in [9.17, 15) is 22.0 Å². The van der Waals surface area contributed by atoms with Gasteiger partial charge in [-0.2, -0.15) is 0 Å². The van der Waals surface area contributed by atoms with Crippen molar-refractivity contribution < 1.29 is 36.2 Å². The van der Waals surface area contributed by atoms with Gasteiger partial charge in [-0.3, -0.25) is 4.72 Å². The Balaban J connectivity index is 2.62. The van der Waals surface area contributed by atoms with Crippen molar-refractivity contribution in [1.29, 1.82) is 0 Å². The van der Waals surface area contributed by atoms with Gasteiger partial charge in [0, 0.05) is 12.1 Å². The minimum Gasteiger partial charge on any atom is -0.493 e. The second kappa shape index (κ2) is 7.56. The van der Waals surface area contributed by atoms with E-state index in [2.05, 4.69) is 4.74 Å². The lowest BCUT2D eigenvalue weighted by Crippen LogP contribution is -2.19. The monoisotopic (exact) mass is 387 g/mol. The molecule has 0 aliphatic carbocycles. The number of methoxy groups -OCH3 is 3. The van der Waals surface area contributed by atoms with E-state index in [1.807, 2.05) is 4.72 Å². The molecule has 2 aromatic carbocycles. The molecule has 0 saturated heterocycles. The number of ether oxygens (including phenoxy) is 3. The van der Waals surface area contributed by atoms with E-state index in [4.69, 9.17) is 9.47 Å². The number of hydrogen-bond acceptors (Lipinski definition) is 6. The molecule has 2 rings (SSSR count). The lowest BCUT2D eigenvalue weighted by molar-refractivity contribution is 0.0601. The smallest absolute Gasteiger partial charge is 0.340 e. The molecule has 0 aliphatic rings. The average molecular weight is 387 g/mol. The number of sulfonamides is 1. The summed E-state index contributed by atoms with van der Waals surface area (Å²) in [6.07, 6.45) is 0. The maximum Gasteiger partial charge on any atom is 0.340 e. The number of rotatable bonds is 6. The van der Waals surface area contributed by atoms with Gasteiger partial charge in [0.1, 0.15) is 11.6 Å². The molecule has 0 amide bonds. The van der Waals surface area contributed by atoms with Crippen molar-refractivity contribution in [2.75, 3.05) is 26.1 Å². The second-order valence-electron chi connectivity index (χ2n) is 4.90. The number of benzene rings is 2. The van der Waals surface area contributed by atoms with Crippen LogP contribution in [0.4, 0.5) is 14.5 Å². The fourth-order valence-corrected chi connectivity index (χ4v) is 3.39. The maximum atomic E-state index is 13.8. The first-order valence-corrected chi connectivity index (χ1v) is 8.54. The number of carbonyl (C=O) groups excluding carboxylic acids is 1. The van der Waals surface area contributed by atoms with E-state index < -0.39 is 32.5 Å². The van der Waals surface area contributed by atoms with Crippen LogP contribution in [0, 0.1) is 11.6 Å². The quantitative estimate of drug-likeness (QED) is 0.766. The van der Waals surface area contributed by atoms with Crippen LogP contribution in [0.5, 0.6) is 11.5 Å². The highest BCUT2D eigenvalue weighted by Gasteiger charge is 2.27. The lowest BCUT2D eigenvalue weighted by Gasteiger charge is -2.16. The molecule has 0 saturated carbocycles. The highest BCUT2D eigenvalue weighted by molar-refractivity contribution is 7.92. The molecule has 0 aromatic heterocycles. The molecule has 1 N–H and O–H groups in total. The molecule has 26 heavy (non-hydrogen) atoms. The Bertz CT molecular complexity index is 926. The minimum absolute atomic E-state index is 0.0897. The van der Waals surface area contributed by atoms with Gasteiger partial charge in [0.2, 0.25) is 0 Å². The van der Waals surface area contributed by atoms with Crippen LogP contribution in [0.1, 0.15) is 10.4 Å². The first-order chi connectivity index (χ1) is 12.2. The highest BCUT2D eigenvalue weighted by atomic mass is 32.2. The summed E-state index contributed by atoms with van der Waals surface area (Å²) in [4.78, 5) is 10.8. The molecule has 7 nitrogen and oxygen atoms in total. The van der Waals surface area contributed by atoms with Crippen LogP contribution in [-0.4, -0.2) is 35.7 Å². The van der Waals surface area contributed by atoms with Crippen LogP contribution >= 0.6 is 0 Å². The predicted molar refractivity (Wildman–Crippen MR) is 88.1 cm³/mol. The van der Waals surface area contributed by atoms with Gasteiger partial charge in [-0.1, -0.05) is 6.07 Å². The predicted octanol–water partition coefficient (Wildman–Crippen LogP) is 2.57. The van der Waals surface area contributed by atoms with Crippen LogP contribution in [0.15, 0.2) is 35.2 Å². The van der Waals surface area contributed by atoms with Crippen LogP contribution in [-0.2, 0) is 14.8 Å². The topological polar surface area (TPSA) is 90.9 Å². The summed E-state index contributed by atoms with van der Waals surface area (Å²) in [6.45, 7) is 0. The zero-order chi connectivity index (χ0) is 19.5. The van der Waals surface area contributed by atoms with Gasteiger partial charge in [-0.25, -0.2) is 22.0 Å². The molecule has 0 spiro atoms. The summed E-state index contributed by atoms with van der Waals surface area (Å²) >= 11 is 0. The molecule has 0 aliphatic heterocycles. The van der Waals surface area contributed by atoms with E-state index in [1.165, 1.54) is 20.3 Å². The Morgan fingerprint density at radius 3 is 2.04 bits per heavy atom. The van der Waals surface area contributed by atoms with E-state index in [1.54, 1.807) is 0 Å². The Morgan fingerprint density at radius 2 is 1.54 bits per heavy atom. The van der Waals surface area contributed by atoms with Gasteiger partial charge in [-0.05, 0) is 12.1 Å². The molecule has 0 fully saturated rings. The molecule has 0 radical (unpaired) electrons. The van der Waals surface area contributed by atoms with Crippen molar-refractivity contribution >= 4 is 21.7 Å². The van der Waals surface area contributed by atoms with Crippen LogP contribution in [0.25, 0.3) is 0 Å². The number of carbonyl (C=O) groups is 1. The van der Waals surface area contributed by atoms with Gasteiger partial charge in [-0.15, -0.1) is 0 Å². The standard InChI is InChI=1S/C16H15F2NO6S/c1-23-13-7-9(16(20)25-3)12(8-14(13)24-2)19-26(21,22)15-10(17)5-4-6-11(15)18/h4-8,19H,1-3H3. The van der Waals surface area contributed by atoms with E-state index in [0.717, 1.165) is 31.4 Å². The van der Waals surface area contributed by atoms with Gasteiger partial charge in [0.15, 0.2) is 16.4 Å². The third-order valence-corrected chi connectivity index (χ3v) is 4.78. The van der Waals surface area contributed by atoms with Crippen LogP contribution in [0.2, 0.25) is 0 Å². The molecular weight excluding hydrogens is 372 g/mol. The first-order valence-electron chi connectivity index (χ1n) is 7.06. The third kappa shape index (κ3) is 3.69. The van der Waals surface area contributed by atoms with Crippen molar-refractivity contribution in [3.8, 4) is 11.5 Å². The summed E-state index contributed by atoms with van der Waals surface area (Å²) < 4.78 is 69.3. The average Bonchev–Trinajstić information content (AvgIpc) is 2.59. The van der Waals surface area contributed by atoms with Crippen molar-refractivity contribution in [2.24, 2.45) is 0 Å². The Kier molecular flexibility index (Phi) is 5.66. The summed E-state index contributed by atoms with van der Waals surface area (Å²) in [5.74, 6) is -3.23. The SMILES string of the molecule is COC(=O)c1cc(OC)c(OC)cc1NS(=O)(=O)c1c(F)cccc1F. The Hall–Kier alpha value is -2.88. The first kappa shape index (κ1) is 19.4. The Morgan fingerprint density at radius 1 is 1.00 bits per heavy atom. The van der Waals surface area contributed by atoms with E-state index >= 15 is 0 Å². The number of anilines is 1. The summed E-state index contributed by atoms with van der Waals surface area (Å²) in [6, 6.07) is 4.95. The van der Waals surface area contributed by atoms with Crippen LogP contribution < -0.4 is 14.2 Å². The van der Waals surface area contributed by atoms with Crippen molar-refractivity contribution in [2.45, 2.75) is 4.90 Å². The zero-order valence-electron chi connectivity index (χ0n) is 14.0. The van der Waals surface area contributed by atoms with Crippen molar-refractivity contribution in [1.82, 2.24) is 0 Å². The molecule has 2 aromatic rings. The van der Waals surface area contributed by atoms with Crippen LogP contribution in [0.3, 0.4) is 0 Å². The van der Waals surface area contributed by atoms with Crippen molar-refractivity contribution in [3.63, 3.8) is 0 Å². The number of hydrogen-bond donors (Lipinski definition) is 1. The van der Waals surface area contributed by atoms with Gasteiger partial charge >= 0.3 is 5.97 Å². The second-order valence-corrected chi connectivity index (χ2v) is 6.52. The van der Waals surface area contributed by atoms with E-state index in [0.29, 0.717) is 0 Å². The van der Waals surface area contributed by atoms with Gasteiger partial charge in [0.25, 0.3) is 10.0 Å². The lowest BCUT2D eigenvalue weighted by atomic mass is 10.1. The van der Waals surface area contributed by atoms with E-state index in [-0.39, 0.29) is 22.7 Å². The third-order valence-electron chi connectivity index (χ3n) is 3.36. The molecule has 0 unspecified atom stereocenters. The van der Waals surface area contributed by atoms with Gasteiger partial charge < -0.3 is 14.2 Å².